The maximum Gasteiger partial charge on any atom is 0.225 e. The van der Waals surface area contributed by atoms with Crippen molar-refractivity contribution in [2.75, 3.05) is 14.1 Å². The number of aromatic nitrogens is 2. The Morgan fingerprint density at radius 3 is 2.59 bits per heavy atom. The minimum atomic E-state index is -0.665. The molecule has 2 aliphatic rings. The second-order valence-corrected chi connectivity index (χ2v) is 10.1. The Hall–Kier alpha value is -1.24. The van der Waals surface area contributed by atoms with Crippen LogP contribution in [0.5, 0.6) is 5.88 Å². The summed E-state index contributed by atoms with van der Waals surface area (Å²) in [6.07, 6.45) is 9.33. The average Bonchev–Trinajstić information content (AvgIpc) is 3.14. The molecule has 0 amide bonds. The van der Waals surface area contributed by atoms with Gasteiger partial charge in [-0.1, -0.05) is 0 Å². The van der Waals surface area contributed by atoms with Crippen molar-refractivity contribution in [2.24, 2.45) is 0 Å². The summed E-state index contributed by atoms with van der Waals surface area (Å²) in [5, 5.41) is 11.5. The second-order valence-electron chi connectivity index (χ2n) is 9.06. The molecule has 2 aromatic rings. The molecular weight excluding hydrogens is 358 g/mol. The van der Waals surface area contributed by atoms with Crippen LogP contribution in [0.2, 0.25) is 0 Å². The fourth-order valence-electron chi connectivity index (χ4n) is 4.77. The molecule has 0 spiro atoms. The third-order valence-corrected chi connectivity index (χ3v) is 7.27. The highest BCUT2D eigenvalue weighted by Crippen LogP contribution is 2.48. The van der Waals surface area contributed by atoms with E-state index < -0.39 is 5.60 Å². The van der Waals surface area contributed by atoms with E-state index in [4.69, 9.17) is 4.74 Å². The van der Waals surface area contributed by atoms with Crippen LogP contribution in [-0.4, -0.2) is 51.8 Å². The van der Waals surface area contributed by atoms with Crippen LogP contribution in [0.25, 0.3) is 10.2 Å². The molecule has 0 radical (unpaired) electrons. The fourth-order valence-corrected chi connectivity index (χ4v) is 6.01. The Kier molecular flexibility index (Phi) is 5.16. The lowest BCUT2D eigenvalue weighted by molar-refractivity contribution is 0.0631. The topological polar surface area (TPSA) is 58.5 Å². The zero-order valence-corrected chi connectivity index (χ0v) is 17.7. The number of ether oxygens (including phenoxy) is 1. The maximum absolute atomic E-state index is 10.4. The molecule has 5 nitrogen and oxygen atoms in total. The predicted molar refractivity (Wildman–Crippen MR) is 110 cm³/mol. The summed E-state index contributed by atoms with van der Waals surface area (Å²) in [7, 11) is 4.33. The van der Waals surface area contributed by atoms with Crippen LogP contribution in [0, 0.1) is 0 Å². The van der Waals surface area contributed by atoms with E-state index in [1.807, 2.05) is 13.8 Å². The highest BCUT2D eigenvalue weighted by Gasteiger charge is 2.34. The molecule has 1 N–H and O–H groups in total. The Morgan fingerprint density at radius 2 is 1.93 bits per heavy atom. The Balaban J connectivity index is 1.59. The highest BCUT2D eigenvalue weighted by molar-refractivity contribution is 7.19. The average molecular weight is 390 g/mol. The van der Waals surface area contributed by atoms with E-state index in [1.54, 1.807) is 17.7 Å². The van der Waals surface area contributed by atoms with Crippen LogP contribution >= 0.6 is 11.3 Å². The van der Waals surface area contributed by atoms with Gasteiger partial charge in [-0.05, 0) is 84.4 Å². The molecule has 0 aromatic carbocycles. The molecule has 2 aromatic heterocycles. The van der Waals surface area contributed by atoms with E-state index in [2.05, 4.69) is 29.0 Å². The fraction of sp³-hybridized carbons (Fsp3) is 0.714. The van der Waals surface area contributed by atoms with Gasteiger partial charge in [0.2, 0.25) is 5.88 Å². The predicted octanol–water partition coefficient (Wildman–Crippen LogP) is 4.13. The standard InChI is InChI=1S/C21H31N3O2S/c1-21(2,25)11-13-5-10-16-17(13)18-19(22-12-23-20(18)27-16)26-15-8-6-14(7-9-15)24(3)4/h12-15,25H,5-11H2,1-4H3/t13-,14?,15?/m1/s1. The lowest BCUT2D eigenvalue weighted by Crippen LogP contribution is -2.35. The van der Waals surface area contributed by atoms with Crippen molar-refractivity contribution in [3.05, 3.63) is 16.8 Å². The minimum absolute atomic E-state index is 0.240. The largest absolute Gasteiger partial charge is 0.474 e. The molecule has 0 bridgehead atoms. The van der Waals surface area contributed by atoms with Gasteiger partial charge >= 0.3 is 0 Å². The molecular formula is C21H31N3O2S. The van der Waals surface area contributed by atoms with E-state index in [0.29, 0.717) is 12.0 Å². The Bertz CT molecular complexity index is 804. The second kappa shape index (κ2) is 7.30. The van der Waals surface area contributed by atoms with Crippen molar-refractivity contribution in [1.82, 2.24) is 14.9 Å². The van der Waals surface area contributed by atoms with Gasteiger partial charge in [-0.25, -0.2) is 9.97 Å². The molecule has 0 unspecified atom stereocenters. The highest BCUT2D eigenvalue weighted by atomic mass is 32.1. The zero-order chi connectivity index (χ0) is 19.2. The van der Waals surface area contributed by atoms with Crippen molar-refractivity contribution >= 4 is 21.6 Å². The molecule has 1 saturated carbocycles. The first-order valence-corrected chi connectivity index (χ1v) is 10.9. The van der Waals surface area contributed by atoms with E-state index in [9.17, 15) is 5.11 Å². The van der Waals surface area contributed by atoms with Gasteiger partial charge in [-0.2, -0.15) is 0 Å². The summed E-state index contributed by atoms with van der Waals surface area (Å²) in [5.74, 6) is 1.13. The molecule has 0 saturated heterocycles. The van der Waals surface area contributed by atoms with Gasteiger partial charge in [-0.15, -0.1) is 11.3 Å². The summed E-state index contributed by atoms with van der Waals surface area (Å²) in [6.45, 7) is 3.80. The lowest BCUT2D eigenvalue weighted by atomic mass is 9.89. The third kappa shape index (κ3) is 3.98. The summed E-state index contributed by atoms with van der Waals surface area (Å²) >= 11 is 1.78. The summed E-state index contributed by atoms with van der Waals surface area (Å²) < 4.78 is 6.43. The van der Waals surface area contributed by atoms with E-state index >= 15 is 0 Å². The number of hydrogen-bond donors (Lipinski definition) is 1. The molecule has 148 valence electrons. The van der Waals surface area contributed by atoms with Gasteiger partial charge in [0.15, 0.2) is 0 Å². The third-order valence-electron chi connectivity index (χ3n) is 6.09. The number of hydrogen-bond acceptors (Lipinski definition) is 6. The van der Waals surface area contributed by atoms with Crippen LogP contribution in [-0.2, 0) is 6.42 Å². The quantitative estimate of drug-likeness (QED) is 0.833. The SMILES string of the molecule is CN(C)C1CCC(Oc2ncnc3sc4c(c23)[C@@H](CC(C)(C)O)CC4)CC1. The molecule has 6 heteroatoms. The molecule has 4 rings (SSSR count). The van der Waals surface area contributed by atoms with E-state index in [1.165, 1.54) is 23.3 Å². The first-order chi connectivity index (χ1) is 12.8. The van der Waals surface area contributed by atoms with Gasteiger partial charge in [0.25, 0.3) is 0 Å². The van der Waals surface area contributed by atoms with Gasteiger partial charge < -0.3 is 14.7 Å². The summed E-state index contributed by atoms with van der Waals surface area (Å²) in [4.78, 5) is 13.8. The molecule has 1 atom stereocenters. The zero-order valence-electron chi connectivity index (χ0n) is 16.9. The van der Waals surface area contributed by atoms with Crippen molar-refractivity contribution < 1.29 is 9.84 Å². The molecule has 27 heavy (non-hydrogen) atoms. The van der Waals surface area contributed by atoms with Gasteiger partial charge in [0, 0.05) is 10.9 Å². The normalized spacial score (nSPS) is 25.9. The number of nitrogens with zero attached hydrogens (tertiary/aromatic N) is 3. The Morgan fingerprint density at radius 1 is 1.19 bits per heavy atom. The van der Waals surface area contributed by atoms with Gasteiger partial charge in [0.05, 0.1) is 11.0 Å². The number of fused-ring (bicyclic) bond motifs is 3. The molecule has 1 fully saturated rings. The first kappa shape index (κ1) is 19.1. The monoisotopic (exact) mass is 389 g/mol. The maximum atomic E-state index is 10.4. The molecule has 2 aliphatic carbocycles. The van der Waals surface area contributed by atoms with Crippen molar-refractivity contribution in [2.45, 2.75) is 82.5 Å². The summed E-state index contributed by atoms with van der Waals surface area (Å²) in [6, 6.07) is 0.664. The number of aliphatic hydroxyl groups is 1. The van der Waals surface area contributed by atoms with Crippen LogP contribution in [0.15, 0.2) is 6.33 Å². The van der Waals surface area contributed by atoms with E-state index in [-0.39, 0.29) is 6.10 Å². The summed E-state index contributed by atoms with van der Waals surface area (Å²) in [5.41, 5.74) is 0.677. The van der Waals surface area contributed by atoms with Crippen LogP contribution in [0.3, 0.4) is 0 Å². The van der Waals surface area contributed by atoms with Gasteiger partial charge in [-0.3, -0.25) is 0 Å². The van der Waals surface area contributed by atoms with Crippen molar-refractivity contribution in [1.29, 1.82) is 0 Å². The van der Waals surface area contributed by atoms with Crippen LogP contribution in [0.1, 0.15) is 68.7 Å². The van der Waals surface area contributed by atoms with Crippen LogP contribution in [0.4, 0.5) is 0 Å². The van der Waals surface area contributed by atoms with Crippen molar-refractivity contribution in [3.8, 4) is 5.88 Å². The number of rotatable bonds is 5. The van der Waals surface area contributed by atoms with Crippen molar-refractivity contribution in [3.63, 3.8) is 0 Å². The number of thiophene rings is 1. The molecule has 0 aliphatic heterocycles. The molecule has 2 heterocycles. The van der Waals surface area contributed by atoms with Crippen LogP contribution < -0.4 is 4.74 Å². The minimum Gasteiger partial charge on any atom is -0.474 e. The Labute approximate surface area is 165 Å². The smallest absolute Gasteiger partial charge is 0.225 e. The van der Waals surface area contributed by atoms with E-state index in [0.717, 1.165) is 48.2 Å². The van der Waals surface area contributed by atoms with Gasteiger partial charge in [0.1, 0.15) is 17.3 Å². The number of aryl methyl sites for hydroxylation is 1. The first-order valence-electron chi connectivity index (χ1n) is 10.1. The lowest BCUT2D eigenvalue weighted by Gasteiger charge is -2.32.